The molecule has 0 radical (unpaired) electrons. The number of nitrogens with one attached hydrogen (secondary N) is 2. The van der Waals surface area contributed by atoms with Gasteiger partial charge in [0, 0.05) is 13.1 Å². The van der Waals surface area contributed by atoms with Crippen LogP contribution in [0.25, 0.3) is 0 Å². The highest BCUT2D eigenvalue weighted by atomic mass is 16.5. The second-order valence-electron chi connectivity index (χ2n) is 5.74. The first-order valence-electron chi connectivity index (χ1n) is 9.17. The number of unbranched alkanes of at least 4 members (excludes halogenated alkanes) is 3. The lowest BCUT2D eigenvalue weighted by Crippen LogP contribution is -2.37. The average Bonchev–Trinajstić information content (AvgIpc) is 2.64. The van der Waals surface area contributed by atoms with Crippen LogP contribution in [0.2, 0.25) is 0 Å². The molecule has 3 N–H and O–H groups in total. The van der Waals surface area contributed by atoms with Gasteiger partial charge < -0.3 is 25.2 Å². The molecule has 25 heavy (non-hydrogen) atoms. The zero-order valence-corrected chi connectivity index (χ0v) is 15.8. The van der Waals surface area contributed by atoms with Crippen LogP contribution < -0.4 is 20.1 Å². The van der Waals surface area contributed by atoms with Crippen molar-refractivity contribution >= 4 is 5.96 Å². The molecule has 0 aliphatic rings. The molecule has 0 aliphatic carbocycles. The highest BCUT2D eigenvalue weighted by Crippen LogP contribution is 2.28. The molecule has 1 aromatic rings. The van der Waals surface area contributed by atoms with Crippen molar-refractivity contribution in [2.24, 2.45) is 4.99 Å². The Morgan fingerprint density at radius 3 is 2.64 bits per heavy atom. The monoisotopic (exact) mass is 351 g/mol. The maximum absolute atomic E-state index is 8.86. The van der Waals surface area contributed by atoms with Crippen molar-refractivity contribution in [3.63, 3.8) is 0 Å². The van der Waals surface area contributed by atoms with E-state index in [1.165, 1.54) is 19.3 Å². The Morgan fingerprint density at radius 1 is 1.12 bits per heavy atom. The van der Waals surface area contributed by atoms with Crippen molar-refractivity contribution in [2.75, 3.05) is 33.4 Å². The van der Waals surface area contributed by atoms with Crippen LogP contribution in [-0.2, 0) is 6.54 Å². The largest absolute Gasteiger partial charge is 0.493 e. The van der Waals surface area contributed by atoms with Crippen molar-refractivity contribution in [1.29, 1.82) is 0 Å². The molecular weight excluding hydrogens is 318 g/mol. The van der Waals surface area contributed by atoms with Crippen LogP contribution in [0.5, 0.6) is 11.5 Å². The van der Waals surface area contributed by atoms with Crippen LogP contribution >= 0.6 is 0 Å². The molecule has 0 heterocycles. The number of hydrogen-bond acceptors (Lipinski definition) is 4. The number of methoxy groups -OCH3 is 1. The van der Waals surface area contributed by atoms with Gasteiger partial charge in [0.1, 0.15) is 6.61 Å². The molecule has 0 unspecified atom stereocenters. The van der Waals surface area contributed by atoms with Gasteiger partial charge in [0.15, 0.2) is 17.5 Å². The zero-order valence-electron chi connectivity index (χ0n) is 15.8. The SMILES string of the molecule is CCCCCCNC(=NCc1ccc(OCCO)c(OC)c1)NCC. The second kappa shape index (κ2) is 13.4. The number of ether oxygens (including phenoxy) is 2. The minimum absolute atomic E-state index is 0.0226. The van der Waals surface area contributed by atoms with Crippen LogP contribution in [0, 0.1) is 0 Å². The Bertz CT molecular complexity index is 507. The van der Waals surface area contributed by atoms with E-state index in [0.29, 0.717) is 18.0 Å². The van der Waals surface area contributed by atoms with E-state index in [4.69, 9.17) is 14.6 Å². The number of guanidine groups is 1. The summed E-state index contributed by atoms with van der Waals surface area (Å²) < 4.78 is 10.8. The van der Waals surface area contributed by atoms with Crippen molar-refractivity contribution in [3.05, 3.63) is 23.8 Å². The normalized spacial score (nSPS) is 11.3. The predicted octanol–water partition coefficient (Wildman–Crippen LogP) is 2.70. The quantitative estimate of drug-likeness (QED) is 0.307. The first-order chi connectivity index (χ1) is 12.2. The third-order valence-electron chi connectivity index (χ3n) is 3.66. The fraction of sp³-hybridized carbons (Fsp3) is 0.632. The molecule has 6 nitrogen and oxygen atoms in total. The second-order valence-corrected chi connectivity index (χ2v) is 5.74. The van der Waals surface area contributed by atoms with E-state index in [1.807, 2.05) is 18.2 Å². The molecule has 0 fully saturated rings. The molecule has 0 spiro atoms. The van der Waals surface area contributed by atoms with Gasteiger partial charge in [0.2, 0.25) is 0 Å². The summed E-state index contributed by atoms with van der Waals surface area (Å²) in [7, 11) is 1.61. The van der Waals surface area contributed by atoms with Gasteiger partial charge in [-0.25, -0.2) is 4.99 Å². The number of nitrogens with zero attached hydrogens (tertiary/aromatic N) is 1. The number of hydrogen-bond donors (Lipinski definition) is 3. The summed E-state index contributed by atoms with van der Waals surface area (Å²) in [5.74, 6) is 2.11. The third-order valence-corrected chi connectivity index (χ3v) is 3.66. The molecule has 0 saturated carbocycles. The summed E-state index contributed by atoms with van der Waals surface area (Å²) in [6.07, 6.45) is 4.92. The van der Waals surface area contributed by atoms with Crippen LogP contribution in [-0.4, -0.2) is 44.5 Å². The van der Waals surface area contributed by atoms with E-state index in [-0.39, 0.29) is 13.2 Å². The first kappa shape index (κ1) is 21.1. The molecule has 0 atom stereocenters. The minimum Gasteiger partial charge on any atom is -0.493 e. The van der Waals surface area contributed by atoms with E-state index in [0.717, 1.165) is 31.0 Å². The smallest absolute Gasteiger partial charge is 0.191 e. The van der Waals surface area contributed by atoms with E-state index in [9.17, 15) is 0 Å². The summed E-state index contributed by atoms with van der Waals surface area (Å²) >= 11 is 0. The highest BCUT2D eigenvalue weighted by molar-refractivity contribution is 5.79. The number of aliphatic hydroxyl groups is 1. The van der Waals surface area contributed by atoms with Gasteiger partial charge in [-0.2, -0.15) is 0 Å². The standard InChI is InChI=1S/C19H33N3O3/c1-4-6-7-8-11-21-19(20-5-2)22-15-16-9-10-17(25-13-12-23)18(14-16)24-3/h9-10,14,23H,4-8,11-13,15H2,1-3H3,(H2,20,21,22). The van der Waals surface area contributed by atoms with Crippen molar-refractivity contribution in [3.8, 4) is 11.5 Å². The third kappa shape index (κ3) is 8.63. The molecule has 1 rings (SSSR count). The lowest BCUT2D eigenvalue weighted by atomic mass is 10.2. The van der Waals surface area contributed by atoms with Crippen LogP contribution in [0.15, 0.2) is 23.2 Å². The average molecular weight is 351 g/mol. The van der Waals surface area contributed by atoms with Gasteiger partial charge >= 0.3 is 0 Å². The molecular formula is C19H33N3O3. The van der Waals surface area contributed by atoms with E-state index < -0.39 is 0 Å². The topological polar surface area (TPSA) is 75.1 Å². The minimum atomic E-state index is -0.0226. The molecule has 0 aliphatic heterocycles. The fourth-order valence-corrected chi connectivity index (χ4v) is 2.36. The van der Waals surface area contributed by atoms with Gasteiger partial charge in [0.05, 0.1) is 20.3 Å². The van der Waals surface area contributed by atoms with Gasteiger partial charge in [0.25, 0.3) is 0 Å². The fourth-order valence-electron chi connectivity index (χ4n) is 2.36. The summed E-state index contributed by atoms with van der Waals surface area (Å²) in [6.45, 7) is 6.82. The molecule has 0 bridgehead atoms. The molecule has 0 saturated heterocycles. The number of benzene rings is 1. The Kier molecular flexibility index (Phi) is 11.3. The van der Waals surface area contributed by atoms with Crippen molar-refractivity contribution < 1.29 is 14.6 Å². The summed E-state index contributed by atoms with van der Waals surface area (Å²) in [5, 5.41) is 15.5. The van der Waals surface area contributed by atoms with Gasteiger partial charge in [-0.1, -0.05) is 32.3 Å². The highest BCUT2D eigenvalue weighted by Gasteiger charge is 2.06. The molecule has 1 aromatic carbocycles. The Morgan fingerprint density at radius 2 is 1.96 bits per heavy atom. The number of aliphatic hydroxyl groups excluding tert-OH is 1. The van der Waals surface area contributed by atoms with Gasteiger partial charge in [-0.15, -0.1) is 0 Å². The number of aliphatic imine (C=N–C) groups is 1. The zero-order chi connectivity index (χ0) is 18.3. The Balaban J connectivity index is 2.61. The van der Waals surface area contributed by atoms with E-state index in [2.05, 4.69) is 29.5 Å². The van der Waals surface area contributed by atoms with Crippen molar-refractivity contribution in [1.82, 2.24) is 10.6 Å². The summed E-state index contributed by atoms with van der Waals surface area (Å²) in [6, 6.07) is 5.73. The van der Waals surface area contributed by atoms with Crippen LogP contribution in [0.3, 0.4) is 0 Å². The van der Waals surface area contributed by atoms with E-state index >= 15 is 0 Å². The Labute approximate surface area is 151 Å². The Hall–Kier alpha value is -1.95. The summed E-state index contributed by atoms with van der Waals surface area (Å²) in [5.41, 5.74) is 1.04. The lowest BCUT2D eigenvalue weighted by molar-refractivity contribution is 0.196. The first-order valence-corrected chi connectivity index (χ1v) is 9.17. The van der Waals surface area contributed by atoms with E-state index in [1.54, 1.807) is 7.11 Å². The maximum Gasteiger partial charge on any atom is 0.191 e. The summed E-state index contributed by atoms with van der Waals surface area (Å²) in [4.78, 5) is 4.63. The lowest BCUT2D eigenvalue weighted by Gasteiger charge is -2.13. The number of rotatable bonds is 12. The molecule has 6 heteroatoms. The maximum atomic E-state index is 8.86. The van der Waals surface area contributed by atoms with Crippen LogP contribution in [0.1, 0.15) is 45.1 Å². The van der Waals surface area contributed by atoms with Crippen LogP contribution in [0.4, 0.5) is 0 Å². The molecule has 0 aromatic heterocycles. The van der Waals surface area contributed by atoms with Gasteiger partial charge in [-0.05, 0) is 31.0 Å². The van der Waals surface area contributed by atoms with Gasteiger partial charge in [-0.3, -0.25) is 0 Å². The molecule has 142 valence electrons. The van der Waals surface area contributed by atoms with Crippen molar-refractivity contribution in [2.45, 2.75) is 46.1 Å². The molecule has 0 amide bonds. The predicted molar refractivity (Wildman–Crippen MR) is 103 cm³/mol.